The molecule has 1 atom stereocenters. The van der Waals surface area contributed by atoms with Crippen LogP contribution in [0.5, 0.6) is 0 Å². The predicted octanol–water partition coefficient (Wildman–Crippen LogP) is 2.49. The molecule has 0 amide bonds. The van der Waals surface area contributed by atoms with Gasteiger partial charge in [-0.3, -0.25) is 0 Å². The molecule has 0 radical (unpaired) electrons. The predicted molar refractivity (Wildman–Crippen MR) is 47.3 cm³/mol. The summed E-state index contributed by atoms with van der Waals surface area (Å²) in [6.45, 7) is 1.99. The van der Waals surface area contributed by atoms with E-state index < -0.39 is 0 Å². The largest absolute Gasteiger partial charge is 0.160 e. The monoisotopic (exact) mass is 175 g/mol. The van der Waals surface area contributed by atoms with Crippen LogP contribution >= 0.6 is 23.5 Å². The highest BCUT2D eigenvalue weighted by atomic mass is 32.2. The second-order valence-corrected chi connectivity index (χ2v) is 4.95. The first-order valence-corrected chi connectivity index (χ1v) is 5.19. The van der Waals surface area contributed by atoms with Crippen LogP contribution in [-0.2, 0) is 0 Å². The van der Waals surface area contributed by atoms with Crippen molar-refractivity contribution in [1.82, 2.24) is 0 Å². The lowest BCUT2D eigenvalue weighted by Gasteiger charge is -2.26. The van der Waals surface area contributed by atoms with E-state index in [-0.39, 0.29) is 4.87 Å². The molecule has 1 rings (SSSR count). The Kier molecular flexibility index (Phi) is 2.77. The quantitative estimate of drug-likeness (QED) is 0.349. The van der Waals surface area contributed by atoms with Crippen LogP contribution in [0.25, 0.3) is 10.4 Å². The van der Waals surface area contributed by atoms with E-state index in [0.717, 1.165) is 11.5 Å². The molecule has 3 nitrogen and oxygen atoms in total. The van der Waals surface area contributed by atoms with Crippen molar-refractivity contribution in [3.63, 3.8) is 0 Å². The third-order valence-electron chi connectivity index (χ3n) is 1.27. The smallest absolute Gasteiger partial charge is 0.101 e. The molecule has 5 heteroatoms. The van der Waals surface area contributed by atoms with E-state index in [0.29, 0.717) is 0 Å². The molecular formula is C5H9N3S2. The lowest BCUT2D eigenvalue weighted by Crippen LogP contribution is -2.24. The van der Waals surface area contributed by atoms with Crippen LogP contribution in [0.2, 0.25) is 0 Å². The summed E-state index contributed by atoms with van der Waals surface area (Å²) in [5.41, 5.74) is 8.22. The normalized spacial score (nSPS) is 32.9. The Morgan fingerprint density at radius 3 is 2.90 bits per heavy atom. The van der Waals surface area contributed by atoms with Crippen LogP contribution < -0.4 is 0 Å². The molecule has 56 valence electrons. The summed E-state index contributed by atoms with van der Waals surface area (Å²) >= 11 is 3.60. The minimum Gasteiger partial charge on any atom is -0.160 e. The van der Waals surface area contributed by atoms with Crippen LogP contribution in [-0.4, -0.2) is 22.1 Å². The molecule has 1 saturated heterocycles. The first kappa shape index (κ1) is 8.11. The van der Waals surface area contributed by atoms with Crippen molar-refractivity contribution >= 4 is 23.5 Å². The molecule has 0 aliphatic carbocycles. The van der Waals surface area contributed by atoms with Crippen LogP contribution in [0.4, 0.5) is 0 Å². The lowest BCUT2D eigenvalue weighted by atomic mass is 10.4. The van der Waals surface area contributed by atoms with Gasteiger partial charge >= 0.3 is 0 Å². The Labute approximate surface area is 68.6 Å². The van der Waals surface area contributed by atoms with Crippen molar-refractivity contribution in [2.75, 3.05) is 17.3 Å². The Balaban J connectivity index is 2.56. The fourth-order valence-corrected chi connectivity index (χ4v) is 3.28. The maximum Gasteiger partial charge on any atom is 0.101 e. The summed E-state index contributed by atoms with van der Waals surface area (Å²) in [5.74, 6) is 3.23. The van der Waals surface area contributed by atoms with Crippen molar-refractivity contribution in [3.8, 4) is 0 Å². The van der Waals surface area contributed by atoms with Crippen molar-refractivity contribution in [3.05, 3.63) is 10.4 Å². The van der Waals surface area contributed by atoms with E-state index in [9.17, 15) is 0 Å². The second-order valence-electron chi connectivity index (χ2n) is 2.27. The molecular weight excluding hydrogens is 166 g/mol. The molecule has 1 heterocycles. The van der Waals surface area contributed by atoms with Gasteiger partial charge in [-0.05, 0) is 12.5 Å². The average Bonchev–Trinajstić information content (AvgIpc) is 1.89. The molecule has 0 unspecified atom stereocenters. The third-order valence-corrected chi connectivity index (χ3v) is 4.22. The standard InChI is InChI=1S/C5H9N3S2/c1-5(7-8-6)4-9-2-3-10-5/h2-4H2,1H3/t5-/m0/s1. The minimum absolute atomic E-state index is 0.183. The molecule has 0 saturated carbocycles. The summed E-state index contributed by atoms with van der Waals surface area (Å²) in [5, 5.41) is 3.74. The van der Waals surface area contributed by atoms with Crippen LogP contribution in [0.1, 0.15) is 6.92 Å². The number of azide groups is 1. The molecule has 0 aromatic carbocycles. The number of thioether (sulfide) groups is 2. The van der Waals surface area contributed by atoms with E-state index in [4.69, 9.17) is 5.53 Å². The fourth-order valence-electron chi connectivity index (χ4n) is 0.776. The molecule has 10 heavy (non-hydrogen) atoms. The van der Waals surface area contributed by atoms with Crippen molar-refractivity contribution < 1.29 is 0 Å². The molecule has 0 aromatic rings. The zero-order chi connectivity index (χ0) is 7.45. The first-order chi connectivity index (χ1) is 4.77. The Morgan fingerprint density at radius 2 is 2.40 bits per heavy atom. The molecule has 0 N–H and O–H groups in total. The number of hydrogen-bond acceptors (Lipinski definition) is 3. The first-order valence-electron chi connectivity index (χ1n) is 3.05. The summed E-state index contributed by atoms with van der Waals surface area (Å²) < 4.78 is 0. The van der Waals surface area contributed by atoms with E-state index in [1.165, 1.54) is 5.75 Å². The van der Waals surface area contributed by atoms with Gasteiger partial charge in [-0.25, -0.2) is 0 Å². The number of nitrogens with zero attached hydrogens (tertiary/aromatic N) is 3. The average molecular weight is 175 g/mol. The van der Waals surface area contributed by atoms with Gasteiger partial charge in [0.15, 0.2) is 0 Å². The number of rotatable bonds is 1. The van der Waals surface area contributed by atoms with Crippen molar-refractivity contribution in [2.45, 2.75) is 11.8 Å². The highest BCUT2D eigenvalue weighted by molar-refractivity contribution is 8.07. The maximum absolute atomic E-state index is 8.22. The Bertz CT molecular complexity index is 158. The Hall–Kier alpha value is 0.0100. The highest BCUT2D eigenvalue weighted by Gasteiger charge is 2.26. The topological polar surface area (TPSA) is 48.8 Å². The molecule has 1 aliphatic heterocycles. The van der Waals surface area contributed by atoms with Crippen LogP contribution in [0, 0.1) is 0 Å². The van der Waals surface area contributed by atoms with Gasteiger partial charge in [-0.1, -0.05) is 5.11 Å². The molecule has 1 aliphatic rings. The second kappa shape index (κ2) is 3.42. The van der Waals surface area contributed by atoms with Gasteiger partial charge in [0.05, 0.1) is 0 Å². The van der Waals surface area contributed by atoms with Gasteiger partial charge in [-0.15, -0.1) is 11.8 Å². The summed E-state index contributed by atoms with van der Waals surface area (Å²) in [6, 6.07) is 0. The minimum atomic E-state index is -0.183. The van der Waals surface area contributed by atoms with Crippen molar-refractivity contribution in [1.29, 1.82) is 0 Å². The van der Waals surface area contributed by atoms with E-state index in [2.05, 4.69) is 10.0 Å². The molecule has 0 bridgehead atoms. The molecule has 0 aromatic heterocycles. The lowest BCUT2D eigenvalue weighted by molar-refractivity contribution is 0.758. The molecule has 1 fully saturated rings. The van der Waals surface area contributed by atoms with E-state index in [1.807, 2.05) is 18.7 Å². The Morgan fingerprint density at radius 1 is 1.60 bits per heavy atom. The van der Waals surface area contributed by atoms with Gasteiger partial charge in [0.25, 0.3) is 0 Å². The van der Waals surface area contributed by atoms with E-state index in [1.54, 1.807) is 11.8 Å². The molecule has 0 spiro atoms. The maximum atomic E-state index is 8.22. The fraction of sp³-hybridized carbons (Fsp3) is 1.00. The SMILES string of the molecule is C[C@@]1(N=[N+]=[N-])CSCCS1. The summed E-state index contributed by atoms with van der Waals surface area (Å²) in [6.07, 6.45) is 0. The van der Waals surface area contributed by atoms with Crippen LogP contribution in [0.15, 0.2) is 5.11 Å². The van der Waals surface area contributed by atoms with Gasteiger partial charge < -0.3 is 0 Å². The third kappa shape index (κ3) is 2.01. The number of hydrogen-bond donors (Lipinski definition) is 0. The van der Waals surface area contributed by atoms with E-state index >= 15 is 0 Å². The van der Waals surface area contributed by atoms with Gasteiger partial charge in [0.2, 0.25) is 0 Å². The van der Waals surface area contributed by atoms with Gasteiger partial charge in [-0.2, -0.15) is 11.8 Å². The highest BCUT2D eigenvalue weighted by Crippen LogP contribution is 2.35. The summed E-state index contributed by atoms with van der Waals surface area (Å²) in [4.78, 5) is 2.64. The van der Waals surface area contributed by atoms with Crippen molar-refractivity contribution in [2.24, 2.45) is 5.11 Å². The van der Waals surface area contributed by atoms with Gasteiger partial charge in [0, 0.05) is 22.2 Å². The van der Waals surface area contributed by atoms with Crippen LogP contribution in [0.3, 0.4) is 0 Å². The van der Waals surface area contributed by atoms with Gasteiger partial charge in [0.1, 0.15) is 4.87 Å². The zero-order valence-electron chi connectivity index (χ0n) is 5.78. The summed E-state index contributed by atoms with van der Waals surface area (Å²) in [7, 11) is 0. The zero-order valence-corrected chi connectivity index (χ0v) is 7.41.